The maximum Gasteiger partial charge on any atom is 0.267 e. The van der Waals surface area contributed by atoms with E-state index in [1.807, 2.05) is 0 Å². The van der Waals surface area contributed by atoms with Crippen LogP contribution in [0.1, 0.15) is 6.92 Å². The zero-order valence-corrected chi connectivity index (χ0v) is 6.51. The predicted molar refractivity (Wildman–Crippen MR) is 34.6 cm³/mol. The quantitative estimate of drug-likeness (QED) is 0.548. The van der Waals surface area contributed by atoms with E-state index < -0.39 is 16.4 Å². The van der Waals surface area contributed by atoms with Crippen molar-refractivity contribution in [3.8, 4) is 0 Å². The molecule has 0 aliphatic carbocycles. The molecular formula is C5H8O4S. The maximum absolute atomic E-state index is 10.5. The molecule has 0 aromatic carbocycles. The van der Waals surface area contributed by atoms with Gasteiger partial charge in [0, 0.05) is 5.57 Å². The molecule has 1 rings (SSSR count). The molecule has 0 spiro atoms. The number of hydrogen-bond donors (Lipinski definition) is 0. The average molecular weight is 164 g/mol. The minimum absolute atomic E-state index is 0.685. The van der Waals surface area contributed by atoms with Crippen molar-refractivity contribution < 1.29 is 17.3 Å². The normalized spacial score (nSPS) is 24.6. The molecule has 4 nitrogen and oxygen atoms in total. The molecule has 0 N–H and O–H groups in total. The highest BCUT2D eigenvalue weighted by Gasteiger charge is 2.24. The van der Waals surface area contributed by atoms with E-state index >= 15 is 0 Å². The minimum atomic E-state index is -3.38. The standard InChI is InChI=1S/C5H8O4S/c1-4-3-8-5(4)9-10(2,6)7/h3,5H,1-2H3. The van der Waals surface area contributed by atoms with Crippen LogP contribution in [-0.2, 0) is 19.0 Å². The smallest absolute Gasteiger partial charge is 0.267 e. The molecular weight excluding hydrogens is 156 g/mol. The van der Waals surface area contributed by atoms with Gasteiger partial charge >= 0.3 is 0 Å². The first-order valence-corrected chi connectivity index (χ1v) is 4.51. The Balaban J connectivity index is 2.51. The van der Waals surface area contributed by atoms with Gasteiger partial charge < -0.3 is 4.74 Å². The molecule has 0 amide bonds. The lowest BCUT2D eigenvalue weighted by atomic mass is 10.3. The van der Waals surface area contributed by atoms with Crippen LogP contribution < -0.4 is 0 Å². The molecule has 1 aliphatic rings. The van der Waals surface area contributed by atoms with Crippen molar-refractivity contribution in [1.29, 1.82) is 0 Å². The van der Waals surface area contributed by atoms with E-state index in [0.29, 0.717) is 0 Å². The van der Waals surface area contributed by atoms with Crippen molar-refractivity contribution in [3.63, 3.8) is 0 Å². The van der Waals surface area contributed by atoms with Crippen LogP contribution in [0.25, 0.3) is 0 Å². The summed E-state index contributed by atoms with van der Waals surface area (Å²) < 4.78 is 30.0. The van der Waals surface area contributed by atoms with Crippen molar-refractivity contribution in [3.05, 3.63) is 11.8 Å². The van der Waals surface area contributed by atoms with Crippen molar-refractivity contribution in [2.45, 2.75) is 13.2 Å². The van der Waals surface area contributed by atoms with Gasteiger partial charge in [-0.05, 0) is 6.92 Å². The van der Waals surface area contributed by atoms with Crippen molar-refractivity contribution in [2.24, 2.45) is 0 Å². The van der Waals surface area contributed by atoms with E-state index in [0.717, 1.165) is 11.8 Å². The van der Waals surface area contributed by atoms with Gasteiger partial charge in [0.25, 0.3) is 10.1 Å². The summed E-state index contributed by atoms with van der Waals surface area (Å²) in [6.07, 6.45) is 1.76. The molecule has 1 unspecified atom stereocenters. The van der Waals surface area contributed by atoms with Crippen LogP contribution in [0.5, 0.6) is 0 Å². The van der Waals surface area contributed by atoms with Gasteiger partial charge in [-0.25, -0.2) is 4.18 Å². The molecule has 5 heteroatoms. The first-order valence-electron chi connectivity index (χ1n) is 2.69. The van der Waals surface area contributed by atoms with Crippen LogP contribution in [0.4, 0.5) is 0 Å². The van der Waals surface area contributed by atoms with E-state index in [1.165, 1.54) is 6.26 Å². The Kier molecular flexibility index (Phi) is 1.70. The Labute approximate surface area is 59.6 Å². The van der Waals surface area contributed by atoms with Gasteiger partial charge in [0.1, 0.15) is 0 Å². The second-order valence-electron chi connectivity index (χ2n) is 2.13. The zero-order valence-electron chi connectivity index (χ0n) is 5.70. The number of hydrogen-bond acceptors (Lipinski definition) is 4. The fourth-order valence-electron chi connectivity index (χ4n) is 0.517. The molecule has 58 valence electrons. The predicted octanol–water partition coefficient (Wildman–Crippen LogP) is 0.223. The third kappa shape index (κ3) is 1.71. The molecule has 0 saturated carbocycles. The summed E-state index contributed by atoms with van der Waals surface area (Å²) in [5, 5.41) is 0. The Morgan fingerprint density at radius 2 is 2.30 bits per heavy atom. The summed E-state index contributed by atoms with van der Waals surface area (Å²) in [5.74, 6) is 0. The Morgan fingerprint density at radius 1 is 1.70 bits per heavy atom. The molecule has 0 aromatic rings. The molecule has 0 bridgehead atoms. The summed E-state index contributed by atoms with van der Waals surface area (Å²) in [6.45, 7) is 1.74. The summed E-state index contributed by atoms with van der Waals surface area (Å²) in [7, 11) is -3.38. The summed E-state index contributed by atoms with van der Waals surface area (Å²) in [5.41, 5.74) is 0.783. The van der Waals surface area contributed by atoms with Crippen LogP contribution in [0.3, 0.4) is 0 Å². The molecule has 0 saturated heterocycles. The molecule has 1 atom stereocenters. The molecule has 0 radical (unpaired) electrons. The third-order valence-corrected chi connectivity index (χ3v) is 1.54. The minimum Gasteiger partial charge on any atom is -0.467 e. The Morgan fingerprint density at radius 3 is 2.40 bits per heavy atom. The zero-order chi connectivity index (χ0) is 7.78. The van der Waals surface area contributed by atoms with E-state index in [2.05, 4.69) is 8.92 Å². The van der Waals surface area contributed by atoms with Crippen LogP contribution in [-0.4, -0.2) is 21.0 Å². The lowest BCUT2D eigenvalue weighted by molar-refractivity contribution is -0.0335. The maximum atomic E-state index is 10.5. The SMILES string of the molecule is CC1=COC1OS(C)(=O)=O. The van der Waals surface area contributed by atoms with E-state index in [9.17, 15) is 8.42 Å². The largest absolute Gasteiger partial charge is 0.467 e. The van der Waals surface area contributed by atoms with Gasteiger partial charge in [-0.1, -0.05) is 0 Å². The molecule has 1 aliphatic heterocycles. The lowest BCUT2D eigenvalue weighted by Gasteiger charge is -2.23. The van der Waals surface area contributed by atoms with Gasteiger partial charge in [0.2, 0.25) is 6.29 Å². The second kappa shape index (κ2) is 2.25. The van der Waals surface area contributed by atoms with Crippen LogP contribution in [0.15, 0.2) is 11.8 Å². The van der Waals surface area contributed by atoms with Gasteiger partial charge in [-0.15, -0.1) is 0 Å². The molecule has 1 heterocycles. The Hall–Kier alpha value is -0.550. The topological polar surface area (TPSA) is 52.6 Å². The third-order valence-electron chi connectivity index (χ3n) is 1.01. The van der Waals surface area contributed by atoms with E-state index in [1.54, 1.807) is 6.92 Å². The highest BCUT2D eigenvalue weighted by Crippen LogP contribution is 2.19. The van der Waals surface area contributed by atoms with Crippen molar-refractivity contribution >= 4 is 10.1 Å². The van der Waals surface area contributed by atoms with Crippen molar-refractivity contribution in [1.82, 2.24) is 0 Å². The fourth-order valence-corrected chi connectivity index (χ4v) is 1.03. The number of rotatable bonds is 2. The van der Waals surface area contributed by atoms with Gasteiger partial charge in [0.15, 0.2) is 0 Å². The fraction of sp³-hybridized carbons (Fsp3) is 0.600. The molecule has 10 heavy (non-hydrogen) atoms. The highest BCUT2D eigenvalue weighted by atomic mass is 32.2. The van der Waals surface area contributed by atoms with E-state index in [-0.39, 0.29) is 0 Å². The molecule has 0 aromatic heterocycles. The Bertz CT molecular complexity index is 251. The second-order valence-corrected chi connectivity index (χ2v) is 3.73. The average Bonchev–Trinajstić information content (AvgIpc) is 1.78. The van der Waals surface area contributed by atoms with Crippen LogP contribution >= 0.6 is 0 Å². The van der Waals surface area contributed by atoms with Crippen molar-refractivity contribution in [2.75, 3.05) is 6.26 Å². The summed E-state index contributed by atoms with van der Waals surface area (Å²) in [4.78, 5) is 0. The highest BCUT2D eigenvalue weighted by molar-refractivity contribution is 7.86. The van der Waals surface area contributed by atoms with E-state index in [4.69, 9.17) is 0 Å². The summed E-state index contributed by atoms with van der Waals surface area (Å²) in [6, 6.07) is 0. The first kappa shape index (κ1) is 7.56. The monoisotopic (exact) mass is 164 g/mol. The van der Waals surface area contributed by atoms with Crippen LogP contribution in [0.2, 0.25) is 0 Å². The molecule has 0 fully saturated rings. The first-order chi connectivity index (χ1) is 4.49. The van der Waals surface area contributed by atoms with Gasteiger partial charge in [0.05, 0.1) is 12.5 Å². The number of ether oxygens (including phenoxy) is 1. The van der Waals surface area contributed by atoms with Crippen LogP contribution in [0, 0.1) is 0 Å². The van der Waals surface area contributed by atoms with Gasteiger partial charge in [-0.2, -0.15) is 8.42 Å². The summed E-state index contributed by atoms with van der Waals surface area (Å²) >= 11 is 0. The lowest BCUT2D eigenvalue weighted by Crippen LogP contribution is -2.26. The van der Waals surface area contributed by atoms with Gasteiger partial charge in [-0.3, -0.25) is 0 Å².